The molecule has 2 N–H and O–H groups in total. The summed E-state index contributed by atoms with van der Waals surface area (Å²) in [6.45, 7) is 3.00. The smallest absolute Gasteiger partial charge is 0.180 e. The lowest BCUT2D eigenvalue weighted by Crippen LogP contribution is -2.26. The molecule has 0 bridgehead atoms. The summed E-state index contributed by atoms with van der Waals surface area (Å²) in [6.07, 6.45) is 6.31. The second-order valence-electron chi connectivity index (χ2n) is 5.36. The van der Waals surface area contributed by atoms with Gasteiger partial charge in [-0.15, -0.1) is 23.7 Å². The average molecular weight is 347 g/mol. The van der Waals surface area contributed by atoms with E-state index in [-0.39, 0.29) is 12.4 Å². The summed E-state index contributed by atoms with van der Waals surface area (Å²) in [5.74, 6) is 0. The molecule has 0 radical (unpaired) electrons. The molecule has 2 aromatic rings. The zero-order chi connectivity index (χ0) is 15.4. The predicted octanol–water partition coefficient (Wildman–Crippen LogP) is 3.13. The van der Waals surface area contributed by atoms with Crippen LogP contribution in [0.2, 0.25) is 0 Å². The van der Waals surface area contributed by atoms with E-state index in [0.717, 1.165) is 38.0 Å². The van der Waals surface area contributed by atoms with Crippen molar-refractivity contribution in [2.24, 2.45) is 0 Å². The molecular weight excluding hydrogens is 328 g/mol. The van der Waals surface area contributed by atoms with E-state index in [0.29, 0.717) is 10.7 Å². The van der Waals surface area contributed by atoms with Crippen molar-refractivity contribution in [1.29, 1.82) is 5.26 Å². The topological polar surface area (TPSA) is 65.9 Å². The van der Waals surface area contributed by atoms with E-state index in [1.54, 1.807) is 11.3 Å². The van der Waals surface area contributed by atoms with E-state index < -0.39 is 0 Å². The minimum absolute atomic E-state index is 0. The average Bonchev–Trinajstić information content (AvgIpc) is 2.80. The summed E-state index contributed by atoms with van der Waals surface area (Å²) in [5.41, 5.74) is 8.78. The highest BCUT2D eigenvalue weighted by molar-refractivity contribution is 7.15. The first-order chi connectivity index (χ1) is 10.7. The highest BCUT2D eigenvalue weighted by atomic mass is 35.5. The van der Waals surface area contributed by atoms with Crippen molar-refractivity contribution in [2.45, 2.75) is 12.8 Å². The Balaban J connectivity index is 0.00000192. The van der Waals surface area contributed by atoms with Gasteiger partial charge in [-0.25, -0.2) is 4.98 Å². The summed E-state index contributed by atoms with van der Waals surface area (Å²) in [4.78, 5) is 8.19. The van der Waals surface area contributed by atoms with Crippen molar-refractivity contribution < 1.29 is 0 Å². The summed E-state index contributed by atoms with van der Waals surface area (Å²) >= 11 is 1.63. The molecule has 0 unspecified atom stereocenters. The predicted molar refractivity (Wildman–Crippen MR) is 97.8 cm³/mol. The van der Waals surface area contributed by atoms with E-state index in [4.69, 9.17) is 11.0 Å². The number of nitrogens with two attached hydrogens (primary N) is 1. The number of thiazole rings is 1. The maximum Gasteiger partial charge on any atom is 0.180 e. The van der Waals surface area contributed by atoms with Crippen LogP contribution in [0.3, 0.4) is 0 Å². The SMILES string of the molecule is Cl.N#Cc1ccc(/C=C/CN2CCc3nc(N)sc3CC2)cc1. The van der Waals surface area contributed by atoms with Crippen molar-refractivity contribution in [3.63, 3.8) is 0 Å². The van der Waals surface area contributed by atoms with Gasteiger partial charge in [0, 0.05) is 30.9 Å². The maximum absolute atomic E-state index is 8.79. The summed E-state index contributed by atoms with van der Waals surface area (Å²) in [5, 5.41) is 9.48. The Labute approximate surface area is 146 Å². The number of halogens is 1. The molecule has 0 saturated carbocycles. The third-order valence-corrected chi connectivity index (χ3v) is 4.81. The molecule has 0 saturated heterocycles. The Morgan fingerprint density at radius 1 is 1.26 bits per heavy atom. The van der Waals surface area contributed by atoms with E-state index >= 15 is 0 Å². The summed E-state index contributed by atoms with van der Waals surface area (Å²) in [6, 6.07) is 9.77. The van der Waals surface area contributed by atoms with Crippen LogP contribution in [0.5, 0.6) is 0 Å². The second kappa shape index (κ2) is 8.11. The Morgan fingerprint density at radius 2 is 2.00 bits per heavy atom. The zero-order valence-corrected chi connectivity index (χ0v) is 14.4. The number of nitrogen functional groups attached to an aromatic ring is 1. The van der Waals surface area contributed by atoms with Gasteiger partial charge in [0.15, 0.2) is 5.13 Å². The van der Waals surface area contributed by atoms with Crippen molar-refractivity contribution in [2.75, 3.05) is 25.4 Å². The number of benzene rings is 1. The van der Waals surface area contributed by atoms with Crippen LogP contribution in [-0.4, -0.2) is 29.5 Å². The minimum atomic E-state index is 0. The molecule has 23 heavy (non-hydrogen) atoms. The van der Waals surface area contributed by atoms with Gasteiger partial charge in [-0.3, -0.25) is 4.90 Å². The second-order valence-corrected chi connectivity index (χ2v) is 6.47. The number of hydrogen-bond donors (Lipinski definition) is 1. The molecule has 1 aliphatic heterocycles. The first-order valence-electron chi connectivity index (χ1n) is 7.38. The van der Waals surface area contributed by atoms with Crippen LogP contribution in [0.25, 0.3) is 6.08 Å². The normalized spacial score (nSPS) is 14.7. The maximum atomic E-state index is 8.79. The van der Waals surface area contributed by atoms with Gasteiger partial charge in [0.2, 0.25) is 0 Å². The van der Waals surface area contributed by atoms with Crippen molar-refractivity contribution in [3.05, 3.63) is 52.0 Å². The molecule has 4 nitrogen and oxygen atoms in total. The van der Waals surface area contributed by atoms with Crippen LogP contribution in [0.4, 0.5) is 5.13 Å². The molecule has 1 aromatic carbocycles. The molecule has 1 aliphatic rings. The number of nitriles is 1. The molecule has 0 aliphatic carbocycles. The monoisotopic (exact) mass is 346 g/mol. The third-order valence-electron chi connectivity index (χ3n) is 3.83. The Morgan fingerprint density at radius 3 is 2.74 bits per heavy atom. The van der Waals surface area contributed by atoms with Gasteiger partial charge in [0.25, 0.3) is 0 Å². The van der Waals surface area contributed by atoms with E-state index in [1.165, 1.54) is 10.6 Å². The quantitative estimate of drug-likeness (QED) is 0.927. The molecule has 2 heterocycles. The fourth-order valence-corrected chi connectivity index (χ4v) is 3.49. The highest BCUT2D eigenvalue weighted by Gasteiger charge is 2.16. The lowest BCUT2D eigenvalue weighted by Gasteiger charge is -2.17. The highest BCUT2D eigenvalue weighted by Crippen LogP contribution is 2.24. The summed E-state index contributed by atoms with van der Waals surface area (Å²) < 4.78 is 0. The van der Waals surface area contributed by atoms with Gasteiger partial charge in [-0.05, 0) is 24.1 Å². The van der Waals surface area contributed by atoms with Gasteiger partial charge < -0.3 is 5.73 Å². The number of anilines is 1. The number of hydrogen-bond acceptors (Lipinski definition) is 5. The van der Waals surface area contributed by atoms with Gasteiger partial charge in [-0.1, -0.05) is 24.3 Å². The first-order valence-corrected chi connectivity index (χ1v) is 8.19. The third kappa shape index (κ3) is 4.55. The number of nitrogens with zero attached hydrogens (tertiary/aromatic N) is 3. The molecule has 1 aromatic heterocycles. The fraction of sp³-hybridized carbons (Fsp3) is 0.294. The van der Waals surface area contributed by atoms with Crippen molar-refractivity contribution in [1.82, 2.24) is 9.88 Å². The van der Waals surface area contributed by atoms with Crippen LogP contribution in [-0.2, 0) is 12.8 Å². The molecule has 0 amide bonds. The molecule has 0 spiro atoms. The van der Waals surface area contributed by atoms with Gasteiger partial charge in [0.1, 0.15) is 0 Å². The summed E-state index contributed by atoms with van der Waals surface area (Å²) in [7, 11) is 0. The van der Waals surface area contributed by atoms with Crippen LogP contribution in [0.15, 0.2) is 30.3 Å². The fourth-order valence-electron chi connectivity index (χ4n) is 2.62. The lowest BCUT2D eigenvalue weighted by molar-refractivity contribution is 0.318. The molecular formula is C17H19ClN4S. The number of aromatic nitrogens is 1. The molecule has 6 heteroatoms. The molecule has 0 atom stereocenters. The lowest BCUT2D eigenvalue weighted by atomic mass is 10.1. The zero-order valence-electron chi connectivity index (χ0n) is 12.7. The van der Waals surface area contributed by atoms with Gasteiger partial charge in [-0.2, -0.15) is 5.26 Å². The Bertz CT molecular complexity index is 690. The Kier molecular flexibility index (Phi) is 6.17. The van der Waals surface area contributed by atoms with Crippen LogP contribution in [0.1, 0.15) is 21.7 Å². The van der Waals surface area contributed by atoms with E-state index in [2.05, 4.69) is 28.1 Å². The molecule has 3 rings (SSSR count). The molecule has 0 fully saturated rings. The molecule has 120 valence electrons. The number of fused-ring (bicyclic) bond motifs is 1. The van der Waals surface area contributed by atoms with Gasteiger partial charge >= 0.3 is 0 Å². The standard InChI is InChI=1S/C17H18N4S.ClH/c18-12-14-5-3-13(4-6-14)2-1-9-21-10-7-15-16(8-11-21)22-17(19)20-15;/h1-6H,7-11H2,(H2,19,20);1H/b2-1+;. The van der Waals surface area contributed by atoms with Gasteiger partial charge in [0.05, 0.1) is 17.3 Å². The minimum Gasteiger partial charge on any atom is -0.375 e. The Hall–Kier alpha value is -1.87. The van der Waals surface area contributed by atoms with Crippen molar-refractivity contribution in [3.8, 4) is 6.07 Å². The van der Waals surface area contributed by atoms with Crippen LogP contribution < -0.4 is 5.73 Å². The number of rotatable bonds is 3. The van der Waals surface area contributed by atoms with Crippen LogP contribution in [0, 0.1) is 11.3 Å². The van der Waals surface area contributed by atoms with Crippen LogP contribution >= 0.6 is 23.7 Å². The van der Waals surface area contributed by atoms with E-state index in [9.17, 15) is 0 Å². The largest absolute Gasteiger partial charge is 0.375 e. The van der Waals surface area contributed by atoms with E-state index in [1.807, 2.05) is 24.3 Å². The van der Waals surface area contributed by atoms with Crippen molar-refractivity contribution >= 4 is 35.0 Å². The first kappa shape index (κ1) is 17.5.